The van der Waals surface area contributed by atoms with Gasteiger partial charge in [-0.25, -0.2) is 5.48 Å². The minimum absolute atomic E-state index is 0.183. The van der Waals surface area contributed by atoms with Crippen molar-refractivity contribution < 1.29 is 14.4 Å². The van der Waals surface area contributed by atoms with Crippen LogP contribution in [0.25, 0.3) is 0 Å². The van der Waals surface area contributed by atoms with Crippen molar-refractivity contribution in [3.8, 4) is 0 Å². The first-order valence-electron chi connectivity index (χ1n) is 5.58. The maximum Gasteiger partial charge on any atom is 0.251 e. The Balaban J connectivity index is 2.29. The summed E-state index contributed by atoms with van der Waals surface area (Å²) in [5.74, 6) is -0.459. The van der Waals surface area contributed by atoms with Gasteiger partial charge in [0.15, 0.2) is 0 Å². The average Bonchev–Trinajstić information content (AvgIpc) is 2.37. The fourth-order valence-corrected chi connectivity index (χ4v) is 1.46. The van der Waals surface area contributed by atoms with E-state index < -0.39 is 0 Å². The predicted octanol–water partition coefficient (Wildman–Crippen LogP) is 1.64. The van der Waals surface area contributed by atoms with E-state index in [1.54, 1.807) is 31.2 Å². The van der Waals surface area contributed by atoms with E-state index in [4.69, 9.17) is 4.84 Å². The van der Waals surface area contributed by atoms with Crippen LogP contribution >= 0.6 is 15.9 Å². The summed E-state index contributed by atoms with van der Waals surface area (Å²) >= 11 is 3.29. The summed E-state index contributed by atoms with van der Waals surface area (Å²) in [5.41, 5.74) is 2.82. The quantitative estimate of drug-likeness (QED) is 0.784. The van der Waals surface area contributed by atoms with Gasteiger partial charge in [-0.2, -0.15) is 0 Å². The molecule has 1 aromatic rings. The first-order valence-corrected chi connectivity index (χ1v) is 6.37. The molecular weight excluding hydrogens is 300 g/mol. The van der Waals surface area contributed by atoms with Gasteiger partial charge in [0.05, 0.1) is 6.61 Å². The fourth-order valence-electron chi connectivity index (χ4n) is 1.20. The molecule has 98 valence electrons. The molecule has 0 radical (unpaired) electrons. The first kappa shape index (κ1) is 14.7. The number of rotatable bonds is 6. The van der Waals surface area contributed by atoms with E-state index in [1.807, 2.05) is 0 Å². The Kier molecular flexibility index (Phi) is 6.38. The minimum atomic E-state index is -0.257. The lowest BCUT2D eigenvalue weighted by molar-refractivity contribution is -0.133. The van der Waals surface area contributed by atoms with Crippen molar-refractivity contribution in [1.29, 1.82) is 0 Å². The van der Waals surface area contributed by atoms with Gasteiger partial charge in [0, 0.05) is 23.0 Å². The molecule has 0 saturated heterocycles. The zero-order valence-electron chi connectivity index (χ0n) is 10.0. The zero-order valence-corrected chi connectivity index (χ0v) is 11.6. The summed E-state index contributed by atoms with van der Waals surface area (Å²) in [6.45, 7) is 2.46. The van der Waals surface area contributed by atoms with Gasteiger partial charge in [0.25, 0.3) is 5.91 Å². The lowest BCUT2D eigenvalue weighted by atomic mass is 10.2. The lowest BCUT2D eigenvalue weighted by Gasteiger charge is -2.06. The molecule has 6 heteroatoms. The van der Waals surface area contributed by atoms with Crippen LogP contribution in [0.2, 0.25) is 0 Å². The molecule has 2 N–H and O–H groups in total. The topological polar surface area (TPSA) is 67.4 Å². The van der Waals surface area contributed by atoms with Crippen molar-refractivity contribution in [2.45, 2.75) is 13.3 Å². The van der Waals surface area contributed by atoms with Crippen molar-refractivity contribution >= 4 is 27.7 Å². The van der Waals surface area contributed by atoms with Gasteiger partial charge in [-0.15, -0.1) is 0 Å². The predicted molar refractivity (Wildman–Crippen MR) is 70.9 cm³/mol. The van der Waals surface area contributed by atoms with Crippen molar-refractivity contribution in [2.24, 2.45) is 0 Å². The molecule has 1 rings (SSSR count). The van der Waals surface area contributed by atoms with E-state index in [9.17, 15) is 9.59 Å². The monoisotopic (exact) mass is 314 g/mol. The molecule has 5 nitrogen and oxygen atoms in total. The molecule has 0 aliphatic heterocycles. The van der Waals surface area contributed by atoms with Crippen LogP contribution in [0.15, 0.2) is 28.7 Å². The van der Waals surface area contributed by atoms with Gasteiger partial charge in [-0.05, 0) is 31.2 Å². The second kappa shape index (κ2) is 7.84. The van der Waals surface area contributed by atoms with Gasteiger partial charge in [-0.3, -0.25) is 14.4 Å². The summed E-state index contributed by atoms with van der Waals surface area (Å²) in [4.78, 5) is 27.6. The number of halogens is 1. The Morgan fingerprint density at radius 3 is 2.56 bits per heavy atom. The van der Waals surface area contributed by atoms with Crippen LogP contribution in [0, 0.1) is 0 Å². The van der Waals surface area contributed by atoms with Crippen molar-refractivity contribution in [1.82, 2.24) is 10.8 Å². The number of benzene rings is 1. The highest BCUT2D eigenvalue weighted by molar-refractivity contribution is 9.10. The Labute approximate surface area is 114 Å². The third kappa shape index (κ3) is 5.29. The maximum atomic E-state index is 11.7. The molecule has 0 aliphatic rings. The number of nitrogens with one attached hydrogen (secondary N) is 2. The maximum absolute atomic E-state index is 11.7. The number of hydrogen-bond acceptors (Lipinski definition) is 3. The number of amides is 2. The summed E-state index contributed by atoms with van der Waals surface area (Å²) < 4.78 is 0.912. The third-order valence-electron chi connectivity index (χ3n) is 2.07. The number of hydrogen-bond donors (Lipinski definition) is 2. The molecule has 0 spiro atoms. The van der Waals surface area contributed by atoms with Crippen LogP contribution in [-0.4, -0.2) is 25.0 Å². The van der Waals surface area contributed by atoms with Crippen molar-refractivity contribution in [3.63, 3.8) is 0 Å². The molecule has 0 bridgehead atoms. The van der Waals surface area contributed by atoms with E-state index in [0.717, 1.165) is 4.47 Å². The van der Waals surface area contributed by atoms with Gasteiger partial charge < -0.3 is 5.32 Å². The Bertz CT molecular complexity index is 406. The molecule has 2 amide bonds. The van der Waals surface area contributed by atoms with Gasteiger partial charge in [0.2, 0.25) is 5.91 Å². The second-order valence-corrected chi connectivity index (χ2v) is 4.39. The Hall–Kier alpha value is -1.40. The normalized spacial score (nSPS) is 9.89. The van der Waals surface area contributed by atoms with Crippen LogP contribution in [0.5, 0.6) is 0 Å². The number of carbonyl (C=O) groups is 2. The molecule has 0 aromatic heterocycles. The lowest BCUT2D eigenvalue weighted by Crippen LogP contribution is -2.30. The molecule has 0 saturated carbocycles. The Morgan fingerprint density at radius 1 is 1.28 bits per heavy atom. The summed E-state index contributed by atoms with van der Waals surface area (Å²) in [6, 6.07) is 6.99. The molecule has 0 unspecified atom stereocenters. The standard InChI is InChI=1S/C12H15BrN2O3/c1-2-18-15-11(16)7-8-14-12(17)9-3-5-10(13)6-4-9/h3-6H,2,7-8H2,1H3,(H,14,17)(H,15,16). The van der Waals surface area contributed by atoms with Crippen molar-refractivity contribution in [3.05, 3.63) is 34.3 Å². The van der Waals surface area contributed by atoms with Crippen LogP contribution < -0.4 is 10.8 Å². The SMILES string of the molecule is CCONC(=O)CCNC(=O)c1ccc(Br)cc1. The van der Waals surface area contributed by atoms with Crippen LogP contribution in [0.3, 0.4) is 0 Å². The average molecular weight is 315 g/mol. The molecule has 0 aliphatic carbocycles. The molecule has 0 heterocycles. The third-order valence-corrected chi connectivity index (χ3v) is 2.60. The largest absolute Gasteiger partial charge is 0.352 e. The van der Waals surface area contributed by atoms with Crippen LogP contribution in [0.1, 0.15) is 23.7 Å². The molecule has 0 fully saturated rings. The first-order chi connectivity index (χ1) is 8.63. The van der Waals surface area contributed by atoms with E-state index >= 15 is 0 Å². The smallest absolute Gasteiger partial charge is 0.251 e. The highest BCUT2D eigenvalue weighted by Gasteiger charge is 2.06. The molecule has 18 heavy (non-hydrogen) atoms. The van der Waals surface area contributed by atoms with E-state index in [0.29, 0.717) is 12.2 Å². The highest BCUT2D eigenvalue weighted by Crippen LogP contribution is 2.10. The second-order valence-electron chi connectivity index (χ2n) is 3.47. The van der Waals surface area contributed by atoms with Crippen molar-refractivity contribution in [2.75, 3.05) is 13.2 Å². The van der Waals surface area contributed by atoms with E-state index in [2.05, 4.69) is 26.7 Å². The fraction of sp³-hybridized carbons (Fsp3) is 0.333. The van der Waals surface area contributed by atoms with Crippen LogP contribution in [0.4, 0.5) is 0 Å². The zero-order chi connectivity index (χ0) is 13.4. The molecule has 1 aromatic carbocycles. The van der Waals surface area contributed by atoms with Crippen LogP contribution in [-0.2, 0) is 9.63 Å². The summed E-state index contributed by atoms with van der Waals surface area (Å²) in [6.07, 6.45) is 0.183. The Morgan fingerprint density at radius 2 is 1.94 bits per heavy atom. The van der Waals surface area contributed by atoms with E-state index in [1.165, 1.54) is 0 Å². The van der Waals surface area contributed by atoms with Gasteiger partial charge in [-0.1, -0.05) is 15.9 Å². The number of hydroxylamine groups is 1. The summed E-state index contributed by atoms with van der Waals surface area (Å²) in [5, 5.41) is 2.66. The molecular formula is C12H15BrN2O3. The van der Waals surface area contributed by atoms with Gasteiger partial charge >= 0.3 is 0 Å². The highest BCUT2D eigenvalue weighted by atomic mass is 79.9. The molecule has 0 atom stereocenters. The number of carbonyl (C=O) groups excluding carboxylic acids is 2. The van der Waals surface area contributed by atoms with E-state index in [-0.39, 0.29) is 24.8 Å². The summed E-state index contributed by atoms with van der Waals surface area (Å²) in [7, 11) is 0. The minimum Gasteiger partial charge on any atom is -0.352 e. The van der Waals surface area contributed by atoms with Gasteiger partial charge in [0.1, 0.15) is 0 Å².